The topological polar surface area (TPSA) is 95.8 Å². The van der Waals surface area contributed by atoms with Crippen molar-refractivity contribution in [3.63, 3.8) is 0 Å². The summed E-state index contributed by atoms with van der Waals surface area (Å²) < 4.78 is 27.2. The van der Waals surface area contributed by atoms with E-state index in [0.29, 0.717) is 19.6 Å². The van der Waals surface area contributed by atoms with E-state index in [1.54, 1.807) is 0 Å². The Balaban J connectivity index is 1.52. The van der Waals surface area contributed by atoms with Crippen LogP contribution in [0.4, 0.5) is 4.79 Å². The quantitative estimate of drug-likeness (QED) is 0.631. The van der Waals surface area contributed by atoms with Crippen LogP contribution in [-0.2, 0) is 27.2 Å². The molecule has 2 saturated heterocycles. The van der Waals surface area contributed by atoms with Gasteiger partial charge in [0, 0.05) is 12.0 Å². The molecule has 7 nitrogen and oxygen atoms in total. The van der Waals surface area contributed by atoms with Crippen LogP contribution in [0.3, 0.4) is 0 Å². The van der Waals surface area contributed by atoms with Gasteiger partial charge in [-0.1, -0.05) is 24.3 Å². The van der Waals surface area contributed by atoms with Crippen molar-refractivity contribution >= 4 is 6.09 Å². The number of carbonyl (C=O) groups excluding carboxylic acids is 1. The number of rotatable bonds is 10. The average Bonchev–Trinajstić information content (AvgIpc) is 3.60. The Hall–Kier alpha value is -2.77. The Morgan fingerprint density at radius 3 is 2.46 bits per heavy atom. The molecule has 0 radical (unpaired) electrons. The van der Waals surface area contributed by atoms with Crippen LogP contribution in [0.25, 0.3) is 0 Å². The highest BCUT2D eigenvalue weighted by atomic mass is 16.6. The molecular weight excluding hydrogens is 362 g/mol. The van der Waals surface area contributed by atoms with Gasteiger partial charge < -0.3 is 29.4 Å². The zero-order valence-electron chi connectivity index (χ0n) is 15.5. The minimum atomic E-state index is -0.804. The van der Waals surface area contributed by atoms with Gasteiger partial charge in [0.2, 0.25) is 0 Å². The van der Waals surface area contributed by atoms with Crippen LogP contribution in [0.1, 0.15) is 16.7 Å². The largest absolute Gasteiger partial charge is 0.491 e. The summed E-state index contributed by atoms with van der Waals surface area (Å²) in [6.45, 7) is 2.64. The van der Waals surface area contributed by atoms with Crippen LogP contribution >= 0.6 is 0 Å². The molecular formula is C21H23NO6. The Morgan fingerprint density at radius 2 is 1.75 bits per heavy atom. The van der Waals surface area contributed by atoms with E-state index >= 15 is 0 Å². The van der Waals surface area contributed by atoms with Crippen LogP contribution in [0.2, 0.25) is 0 Å². The zero-order chi connectivity index (χ0) is 19.3. The fourth-order valence-corrected chi connectivity index (χ4v) is 2.88. The highest BCUT2D eigenvalue weighted by Crippen LogP contribution is 2.28. The van der Waals surface area contributed by atoms with Crippen LogP contribution < -0.4 is 15.2 Å². The van der Waals surface area contributed by atoms with Gasteiger partial charge >= 0.3 is 6.09 Å². The number of nitrogens with two attached hydrogens (primary N) is 1. The number of amides is 1. The maximum atomic E-state index is 11.1. The van der Waals surface area contributed by atoms with E-state index in [-0.39, 0.29) is 18.8 Å². The number of carbonyl (C=O) groups is 1. The molecule has 2 aliphatic heterocycles. The van der Waals surface area contributed by atoms with Gasteiger partial charge in [-0.15, -0.1) is 0 Å². The van der Waals surface area contributed by atoms with Gasteiger partial charge in [-0.3, -0.25) is 0 Å². The molecule has 0 bridgehead atoms. The summed E-state index contributed by atoms with van der Waals surface area (Å²) in [6.07, 6.45) is 0.164. The maximum Gasteiger partial charge on any atom is 0.404 e. The molecule has 0 aliphatic carbocycles. The van der Waals surface area contributed by atoms with E-state index in [4.69, 9.17) is 29.4 Å². The number of ether oxygens (including phenoxy) is 5. The van der Waals surface area contributed by atoms with Gasteiger partial charge in [0.1, 0.15) is 43.5 Å². The molecule has 2 atom stereocenters. The van der Waals surface area contributed by atoms with Crippen molar-refractivity contribution in [3.05, 3.63) is 59.2 Å². The Bertz CT molecular complexity index is 831. The summed E-state index contributed by atoms with van der Waals surface area (Å²) in [6, 6.07) is 13.6. The summed E-state index contributed by atoms with van der Waals surface area (Å²) in [5, 5.41) is 0. The van der Waals surface area contributed by atoms with Crippen molar-refractivity contribution in [1.82, 2.24) is 0 Å². The van der Waals surface area contributed by atoms with Crippen LogP contribution in [0.15, 0.2) is 42.5 Å². The highest BCUT2D eigenvalue weighted by molar-refractivity contribution is 5.64. The molecule has 2 aromatic rings. The fraction of sp³-hybridized carbons (Fsp3) is 0.381. The normalized spacial score (nSPS) is 19.7. The van der Waals surface area contributed by atoms with E-state index in [1.807, 2.05) is 42.5 Å². The Kier molecular flexibility index (Phi) is 5.64. The average molecular weight is 385 g/mol. The Labute approximate surface area is 163 Å². The molecule has 2 N–H and O–H groups in total. The lowest BCUT2D eigenvalue weighted by atomic mass is 9.98. The first-order valence-corrected chi connectivity index (χ1v) is 9.28. The van der Waals surface area contributed by atoms with E-state index in [9.17, 15) is 4.79 Å². The fourth-order valence-electron chi connectivity index (χ4n) is 2.88. The third-order valence-corrected chi connectivity index (χ3v) is 4.54. The lowest BCUT2D eigenvalue weighted by Crippen LogP contribution is -2.14. The van der Waals surface area contributed by atoms with E-state index in [1.165, 1.54) is 0 Å². The Morgan fingerprint density at radius 1 is 1.04 bits per heavy atom. The van der Waals surface area contributed by atoms with Crippen molar-refractivity contribution in [1.29, 1.82) is 0 Å². The molecule has 4 rings (SSSR count). The van der Waals surface area contributed by atoms with Crippen molar-refractivity contribution < 1.29 is 28.5 Å². The smallest absolute Gasteiger partial charge is 0.404 e. The molecule has 1 amide bonds. The predicted molar refractivity (Wildman–Crippen MR) is 101 cm³/mol. The summed E-state index contributed by atoms with van der Waals surface area (Å²) in [5.41, 5.74) is 8.00. The first-order valence-electron chi connectivity index (χ1n) is 9.28. The predicted octanol–water partition coefficient (Wildman–Crippen LogP) is 2.43. The van der Waals surface area contributed by atoms with Crippen LogP contribution in [0, 0.1) is 0 Å². The van der Waals surface area contributed by atoms with Crippen molar-refractivity contribution in [2.75, 3.05) is 26.4 Å². The monoisotopic (exact) mass is 385 g/mol. The van der Waals surface area contributed by atoms with Crippen LogP contribution in [0.5, 0.6) is 11.5 Å². The third-order valence-electron chi connectivity index (χ3n) is 4.54. The third kappa shape index (κ3) is 5.37. The van der Waals surface area contributed by atoms with Gasteiger partial charge in [-0.25, -0.2) is 4.79 Å². The molecule has 148 valence electrons. The number of hydrogen-bond donors (Lipinski definition) is 1. The number of primary amides is 1. The van der Waals surface area contributed by atoms with Gasteiger partial charge in [0.15, 0.2) is 0 Å². The van der Waals surface area contributed by atoms with E-state index in [0.717, 1.165) is 41.4 Å². The lowest BCUT2D eigenvalue weighted by Gasteiger charge is -2.16. The van der Waals surface area contributed by atoms with Crippen molar-refractivity contribution in [2.45, 2.75) is 25.2 Å². The van der Waals surface area contributed by atoms with Gasteiger partial charge in [0.05, 0.1) is 13.2 Å². The van der Waals surface area contributed by atoms with Gasteiger partial charge in [0.25, 0.3) is 0 Å². The van der Waals surface area contributed by atoms with Crippen LogP contribution in [-0.4, -0.2) is 44.7 Å². The minimum absolute atomic E-state index is 0.0943. The number of hydrogen-bond acceptors (Lipinski definition) is 6. The summed E-state index contributed by atoms with van der Waals surface area (Å²) in [5.74, 6) is 1.55. The van der Waals surface area contributed by atoms with Crippen molar-refractivity contribution in [3.8, 4) is 11.5 Å². The lowest BCUT2D eigenvalue weighted by molar-refractivity contribution is 0.150. The summed E-state index contributed by atoms with van der Waals surface area (Å²) in [4.78, 5) is 11.1. The first-order chi connectivity index (χ1) is 13.7. The second-order valence-electron chi connectivity index (χ2n) is 6.86. The molecule has 2 unspecified atom stereocenters. The first kappa shape index (κ1) is 18.6. The maximum absolute atomic E-state index is 11.1. The molecule has 0 saturated carbocycles. The zero-order valence-corrected chi connectivity index (χ0v) is 15.5. The van der Waals surface area contributed by atoms with E-state index in [2.05, 4.69) is 0 Å². The minimum Gasteiger partial charge on any atom is -0.491 e. The second kappa shape index (κ2) is 8.50. The standard InChI is InChI=1S/C21H23NO6/c22-21(23)28-9-15-4-2-6-20(27-13-18-12-26-18)19(15)8-14-3-1-5-16(7-14)24-10-17-11-25-17/h1-7,17-18H,8-13H2,(H2,22,23). The molecule has 2 heterocycles. The second-order valence-corrected chi connectivity index (χ2v) is 6.86. The molecule has 0 aromatic heterocycles. The summed E-state index contributed by atoms with van der Waals surface area (Å²) in [7, 11) is 0. The molecule has 2 aliphatic rings. The number of benzene rings is 2. The number of epoxide rings is 2. The van der Waals surface area contributed by atoms with Crippen molar-refractivity contribution in [2.24, 2.45) is 5.73 Å². The SMILES string of the molecule is NC(=O)OCc1cccc(OCC2CO2)c1Cc1cccc(OCC2CO2)c1. The molecule has 2 aromatic carbocycles. The molecule has 2 fully saturated rings. The molecule has 28 heavy (non-hydrogen) atoms. The summed E-state index contributed by atoms with van der Waals surface area (Å²) >= 11 is 0. The van der Waals surface area contributed by atoms with E-state index < -0.39 is 6.09 Å². The van der Waals surface area contributed by atoms with Gasteiger partial charge in [-0.05, 0) is 29.3 Å². The van der Waals surface area contributed by atoms with Gasteiger partial charge in [-0.2, -0.15) is 0 Å². The molecule has 0 spiro atoms. The highest BCUT2D eigenvalue weighted by Gasteiger charge is 2.24. The molecule has 7 heteroatoms.